The largest absolute Gasteiger partial charge is 0.398 e. The summed E-state index contributed by atoms with van der Waals surface area (Å²) in [5, 5.41) is 0. The quantitative estimate of drug-likeness (QED) is 0.435. The first kappa shape index (κ1) is 16.4. The van der Waals surface area contributed by atoms with Crippen molar-refractivity contribution >= 4 is 5.69 Å². The standard InChI is InChI=1S/C27H27N/c1-26(2)21-14-13-18-17-9-4-5-11-20(17)27(15-6-3-7-16-27)25(18)23(21)19-10-8-12-22(28)24(19)26/h4-5,8-14H,3,6-7,15-16,28H2,1-2H3. The lowest BCUT2D eigenvalue weighted by Crippen LogP contribution is -2.29. The molecule has 1 nitrogen and oxygen atoms in total. The second-order valence-electron chi connectivity index (χ2n) is 9.49. The molecule has 2 N–H and O–H groups in total. The van der Waals surface area contributed by atoms with Gasteiger partial charge in [0.05, 0.1) is 0 Å². The van der Waals surface area contributed by atoms with Crippen LogP contribution in [0.25, 0.3) is 22.3 Å². The Morgan fingerprint density at radius 1 is 0.679 bits per heavy atom. The topological polar surface area (TPSA) is 26.0 Å². The zero-order valence-electron chi connectivity index (χ0n) is 16.8. The van der Waals surface area contributed by atoms with Crippen LogP contribution in [-0.4, -0.2) is 0 Å². The van der Waals surface area contributed by atoms with Gasteiger partial charge in [0.15, 0.2) is 0 Å². The normalized spacial score (nSPS) is 19.8. The smallest absolute Gasteiger partial charge is 0.0361 e. The third kappa shape index (κ3) is 1.78. The van der Waals surface area contributed by atoms with Crippen molar-refractivity contribution in [3.63, 3.8) is 0 Å². The molecule has 0 heterocycles. The Morgan fingerprint density at radius 2 is 1.43 bits per heavy atom. The summed E-state index contributed by atoms with van der Waals surface area (Å²) in [7, 11) is 0. The first-order valence-electron chi connectivity index (χ1n) is 10.7. The van der Waals surface area contributed by atoms with E-state index in [4.69, 9.17) is 5.73 Å². The summed E-state index contributed by atoms with van der Waals surface area (Å²) >= 11 is 0. The third-order valence-corrected chi connectivity index (χ3v) is 7.79. The van der Waals surface area contributed by atoms with Gasteiger partial charge in [-0.3, -0.25) is 0 Å². The molecular formula is C27H27N. The molecule has 0 aromatic heterocycles. The molecule has 0 saturated heterocycles. The van der Waals surface area contributed by atoms with Gasteiger partial charge >= 0.3 is 0 Å². The van der Waals surface area contributed by atoms with Crippen LogP contribution in [0.2, 0.25) is 0 Å². The van der Waals surface area contributed by atoms with Crippen molar-refractivity contribution in [2.75, 3.05) is 5.73 Å². The Kier molecular flexibility index (Phi) is 3.10. The number of nitrogen functional groups attached to an aromatic ring is 1. The van der Waals surface area contributed by atoms with Crippen molar-refractivity contribution in [1.82, 2.24) is 0 Å². The molecule has 0 bridgehead atoms. The van der Waals surface area contributed by atoms with E-state index in [9.17, 15) is 0 Å². The van der Waals surface area contributed by atoms with E-state index in [1.54, 1.807) is 11.1 Å². The van der Waals surface area contributed by atoms with E-state index >= 15 is 0 Å². The summed E-state index contributed by atoms with van der Waals surface area (Å²) < 4.78 is 0. The van der Waals surface area contributed by atoms with Crippen molar-refractivity contribution in [2.24, 2.45) is 0 Å². The minimum atomic E-state index is -0.0460. The Bertz CT molecular complexity index is 1130. The van der Waals surface area contributed by atoms with Crippen molar-refractivity contribution in [2.45, 2.75) is 56.8 Å². The average molecular weight is 366 g/mol. The highest BCUT2D eigenvalue weighted by atomic mass is 14.6. The lowest BCUT2D eigenvalue weighted by atomic mass is 9.66. The van der Waals surface area contributed by atoms with Crippen molar-refractivity contribution < 1.29 is 0 Å². The van der Waals surface area contributed by atoms with Gasteiger partial charge in [0.1, 0.15) is 0 Å². The fourth-order valence-electron chi connectivity index (χ4n) is 6.68. The van der Waals surface area contributed by atoms with Crippen LogP contribution in [0.4, 0.5) is 5.69 Å². The van der Waals surface area contributed by atoms with Gasteiger partial charge in [-0.05, 0) is 63.4 Å². The van der Waals surface area contributed by atoms with Crippen LogP contribution in [-0.2, 0) is 10.8 Å². The van der Waals surface area contributed by atoms with Crippen molar-refractivity contribution in [3.05, 3.63) is 76.9 Å². The first-order valence-corrected chi connectivity index (χ1v) is 10.7. The van der Waals surface area contributed by atoms with E-state index in [-0.39, 0.29) is 10.8 Å². The van der Waals surface area contributed by atoms with E-state index in [0.29, 0.717) is 0 Å². The zero-order valence-corrected chi connectivity index (χ0v) is 16.8. The highest BCUT2D eigenvalue weighted by molar-refractivity contribution is 5.95. The van der Waals surface area contributed by atoms with Gasteiger partial charge < -0.3 is 5.73 Å². The molecule has 0 radical (unpaired) electrons. The molecule has 3 aromatic rings. The third-order valence-electron chi connectivity index (χ3n) is 7.79. The minimum absolute atomic E-state index is 0.0460. The van der Waals surface area contributed by atoms with E-state index in [1.165, 1.54) is 65.5 Å². The van der Waals surface area contributed by atoms with Crippen molar-refractivity contribution in [1.29, 1.82) is 0 Å². The monoisotopic (exact) mass is 365 g/mol. The fraction of sp³-hybridized carbons (Fsp3) is 0.333. The van der Waals surface area contributed by atoms with Crippen molar-refractivity contribution in [3.8, 4) is 22.3 Å². The number of fused-ring (bicyclic) bond motifs is 9. The van der Waals surface area contributed by atoms with Crippen LogP contribution in [0.15, 0.2) is 54.6 Å². The van der Waals surface area contributed by atoms with Gasteiger partial charge in [-0.2, -0.15) is 0 Å². The summed E-state index contributed by atoms with van der Waals surface area (Å²) in [6.45, 7) is 4.69. The molecular weight excluding hydrogens is 338 g/mol. The molecule has 140 valence electrons. The second kappa shape index (κ2) is 5.29. The Labute approximate surface area is 167 Å². The Balaban J connectivity index is 1.76. The number of nitrogens with two attached hydrogens (primary N) is 1. The van der Waals surface area contributed by atoms with Crippen LogP contribution in [0, 0.1) is 0 Å². The molecule has 6 rings (SSSR count). The van der Waals surface area contributed by atoms with Gasteiger partial charge in [0.2, 0.25) is 0 Å². The highest BCUT2D eigenvalue weighted by Crippen LogP contribution is 2.62. The second-order valence-corrected chi connectivity index (χ2v) is 9.49. The summed E-state index contributed by atoms with van der Waals surface area (Å²) in [5.41, 5.74) is 19.3. The maximum atomic E-state index is 6.53. The zero-order chi connectivity index (χ0) is 19.1. The predicted molar refractivity (Wildman–Crippen MR) is 118 cm³/mol. The summed E-state index contributed by atoms with van der Waals surface area (Å²) in [4.78, 5) is 0. The van der Waals surface area contributed by atoms with Crippen LogP contribution in [0.1, 0.15) is 68.2 Å². The summed E-state index contributed by atoms with van der Waals surface area (Å²) in [6.07, 6.45) is 6.55. The molecule has 3 aromatic carbocycles. The van der Waals surface area contributed by atoms with Gasteiger partial charge in [0.25, 0.3) is 0 Å². The maximum Gasteiger partial charge on any atom is 0.0361 e. The molecule has 1 fully saturated rings. The van der Waals surface area contributed by atoms with Gasteiger partial charge in [-0.25, -0.2) is 0 Å². The van der Waals surface area contributed by atoms with Crippen LogP contribution in [0.3, 0.4) is 0 Å². The molecule has 1 spiro atoms. The number of benzene rings is 3. The molecule has 0 unspecified atom stereocenters. The van der Waals surface area contributed by atoms with Crippen LogP contribution in [0.5, 0.6) is 0 Å². The SMILES string of the molecule is CC1(C)c2ccc3c(c2-c2cccc(N)c21)C1(CCCCC1)c1ccccc1-3. The van der Waals surface area contributed by atoms with Crippen LogP contribution < -0.4 is 5.73 Å². The predicted octanol–water partition coefficient (Wildman–Crippen LogP) is 6.81. The summed E-state index contributed by atoms with van der Waals surface area (Å²) in [6, 6.07) is 20.5. The van der Waals surface area contributed by atoms with E-state index in [1.807, 2.05) is 0 Å². The first-order chi connectivity index (χ1) is 13.6. The number of rotatable bonds is 0. The number of hydrogen-bond donors (Lipinski definition) is 1. The molecule has 3 aliphatic rings. The number of hydrogen-bond acceptors (Lipinski definition) is 1. The lowest BCUT2D eigenvalue weighted by Gasteiger charge is -2.37. The molecule has 1 heteroatoms. The fourth-order valence-corrected chi connectivity index (χ4v) is 6.68. The van der Waals surface area contributed by atoms with E-state index in [0.717, 1.165) is 5.69 Å². The van der Waals surface area contributed by atoms with Crippen LogP contribution >= 0.6 is 0 Å². The summed E-state index contributed by atoms with van der Waals surface area (Å²) in [5.74, 6) is 0. The minimum Gasteiger partial charge on any atom is -0.398 e. The Morgan fingerprint density at radius 3 is 2.25 bits per heavy atom. The number of anilines is 1. The van der Waals surface area contributed by atoms with Gasteiger partial charge in [-0.15, -0.1) is 0 Å². The van der Waals surface area contributed by atoms with E-state index < -0.39 is 0 Å². The molecule has 0 aliphatic heterocycles. The molecule has 28 heavy (non-hydrogen) atoms. The molecule has 0 atom stereocenters. The highest BCUT2D eigenvalue weighted by Gasteiger charge is 2.49. The average Bonchev–Trinajstić information content (AvgIpc) is 3.11. The lowest BCUT2D eigenvalue weighted by molar-refractivity contribution is 0.353. The Hall–Kier alpha value is -2.54. The van der Waals surface area contributed by atoms with Gasteiger partial charge in [-0.1, -0.05) is 81.6 Å². The van der Waals surface area contributed by atoms with Gasteiger partial charge in [0, 0.05) is 16.5 Å². The molecule has 1 saturated carbocycles. The van der Waals surface area contributed by atoms with E-state index in [2.05, 4.69) is 68.4 Å². The maximum absolute atomic E-state index is 6.53. The molecule has 0 amide bonds. The molecule has 3 aliphatic carbocycles.